The van der Waals surface area contributed by atoms with Crippen molar-refractivity contribution in [2.24, 2.45) is 5.92 Å². The highest BCUT2D eigenvalue weighted by Crippen LogP contribution is 2.24. The molecular weight excluding hydrogens is 258 g/mol. The second-order valence-corrected chi connectivity index (χ2v) is 5.23. The second-order valence-electron chi connectivity index (χ2n) is 5.23. The van der Waals surface area contributed by atoms with E-state index in [4.69, 9.17) is 4.74 Å². The molecule has 5 heteroatoms. The molecule has 0 bridgehead atoms. The van der Waals surface area contributed by atoms with E-state index in [1.54, 1.807) is 18.2 Å². The molecule has 1 saturated heterocycles. The fourth-order valence-corrected chi connectivity index (χ4v) is 2.64. The van der Waals surface area contributed by atoms with E-state index < -0.39 is 0 Å². The first-order valence-corrected chi connectivity index (χ1v) is 6.63. The number of fused-ring (bicyclic) bond motifs is 1. The van der Waals surface area contributed by atoms with Crippen LogP contribution in [0.3, 0.4) is 0 Å². The first kappa shape index (κ1) is 13.0. The van der Waals surface area contributed by atoms with Crippen LogP contribution in [0.4, 0.5) is 0 Å². The average molecular weight is 273 g/mol. The summed E-state index contributed by atoms with van der Waals surface area (Å²) < 4.78 is 5.22. The Morgan fingerprint density at radius 2 is 2.15 bits per heavy atom. The van der Waals surface area contributed by atoms with Gasteiger partial charge >= 0.3 is 0 Å². The van der Waals surface area contributed by atoms with Crippen LogP contribution in [0.5, 0.6) is 0 Å². The molecule has 2 aliphatic rings. The molecule has 1 aromatic rings. The summed E-state index contributed by atoms with van der Waals surface area (Å²) in [6, 6.07) is 5.02. The molecule has 2 amide bonds. The van der Waals surface area contributed by atoms with Crippen molar-refractivity contribution in [3.8, 4) is 0 Å². The number of amides is 2. The maximum atomic E-state index is 12.3. The van der Waals surface area contributed by atoms with E-state index in [9.17, 15) is 14.4 Å². The van der Waals surface area contributed by atoms with Crippen LogP contribution in [0.1, 0.15) is 32.7 Å². The molecule has 2 heterocycles. The zero-order valence-electron chi connectivity index (χ0n) is 11.2. The fraction of sp³-hybridized carbons (Fsp3) is 0.400. The number of likely N-dealkylation sites (N-methyl/N-ethyl adjacent to an activating group) is 1. The van der Waals surface area contributed by atoms with Gasteiger partial charge in [-0.2, -0.15) is 0 Å². The maximum absolute atomic E-state index is 12.3. The highest BCUT2D eigenvalue weighted by atomic mass is 16.5. The summed E-state index contributed by atoms with van der Waals surface area (Å²) in [5.41, 5.74) is 1.67. The molecule has 0 aliphatic carbocycles. The van der Waals surface area contributed by atoms with Crippen molar-refractivity contribution in [2.45, 2.75) is 12.8 Å². The summed E-state index contributed by atoms with van der Waals surface area (Å²) in [5, 5.41) is 0. The lowest BCUT2D eigenvalue weighted by atomic mass is 9.91. The molecule has 3 rings (SSSR count). The highest BCUT2D eigenvalue weighted by molar-refractivity contribution is 6.11. The fourth-order valence-electron chi connectivity index (χ4n) is 2.64. The van der Waals surface area contributed by atoms with Crippen LogP contribution in [-0.4, -0.2) is 42.8 Å². The Morgan fingerprint density at radius 3 is 2.85 bits per heavy atom. The van der Waals surface area contributed by atoms with Gasteiger partial charge in [-0.05, 0) is 18.1 Å². The first-order valence-electron chi connectivity index (χ1n) is 6.63. The summed E-state index contributed by atoms with van der Waals surface area (Å²) in [6.45, 7) is 1.06. The van der Waals surface area contributed by atoms with Gasteiger partial charge in [-0.15, -0.1) is 0 Å². The molecule has 0 aromatic heterocycles. The molecule has 1 unspecified atom stereocenters. The molecule has 0 N–H and O–H groups in total. The second kappa shape index (κ2) is 4.83. The lowest BCUT2D eigenvalue weighted by molar-refractivity contribution is -0.127. The van der Waals surface area contributed by atoms with Crippen molar-refractivity contribution >= 4 is 17.6 Å². The van der Waals surface area contributed by atoms with Gasteiger partial charge in [-0.3, -0.25) is 19.3 Å². The molecular formula is C15H15NO4. The number of Topliss-reactive ketones (excluding diaryl/α,β-unsaturated/α-hetero) is 1. The number of imide groups is 1. The van der Waals surface area contributed by atoms with E-state index in [1.807, 2.05) is 0 Å². The van der Waals surface area contributed by atoms with Crippen LogP contribution in [0.25, 0.3) is 0 Å². The smallest absolute Gasteiger partial charge is 0.260 e. The molecule has 1 aromatic carbocycles. The van der Waals surface area contributed by atoms with Crippen LogP contribution in [0.2, 0.25) is 0 Å². The summed E-state index contributed by atoms with van der Waals surface area (Å²) in [5.74, 6) is -0.664. The summed E-state index contributed by atoms with van der Waals surface area (Å²) >= 11 is 0. The van der Waals surface area contributed by atoms with Gasteiger partial charge < -0.3 is 4.74 Å². The summed E-state index contributed by atoms with van der Waals surface area (Å²) in [6.07, 6.45) is 0.931. The Labute approximate surface area is 116 Å². The largest absolute Gasteiger partial charge is 0.381 e. The topological polar surface area (TPSA) is 63.7 Å². The SMILES string of the molecule is CN1C(=O)Cc2ccc(C(=O)C3CCOC3)cc2C1=O. The van der Waals surface area contributed by atoms with Gasteiger partial charge in [0.1, 0.15) is 0 Å². The minimum atomic E-state index is -0.339. The lowest BCUT2D eigenvalue weighted by Gasteiger charge is -2.23. The van der Waals surface area contributed by atoms with Gasteiger partial charge in [-0.25, -0.2) is 0 Å². The molecule has 0 saturated carbocycles. The maximum Gasteiger partial charge on any atom is 0.260 e. The molecule has 0 radical (unpaired) electrons. The number of benzene rings is 1. The third-order valence-electron chi connectivity index (χ3n) is 3.95. The zero-order valence-corrected chi connectivity index (χ0v) is 11.2. The van der Waals surface area contributed by atoms with E-state index in [0.717, 1.165) is 11.3 Å². The van der Waals surface area contributed by atoms with Crippen molar-refractivity contribution in [1.82, 2.24) is 4.90 Å². The van der Waals surface area contributed by atoms with Crippen molar-refractivity contribution in [2.75, 3.05) is 20.3 Å². The van der Waals surface area contributed by atoms with Crippen LogP contribution < -0.4 is 0 Å². The van der Waals surface area contributed by atoms with Gasteiger partial charge in [0.05, 0.1) is 13.0 Å². The van der Waals surface area contributed by atoms with E-state index in [1.165, 1.54) is 7.05 Å². The molecule has 20 heavy (non-hydrogen) atoms. The van der Waals surface area contributed by atoms with Crippen LogP contribution in [0.15, 0.2) is 18.2 Å². The number of ketones is 1. The Balaban J connectivity index is 1.94. The van der Waals surface area contributed by atoms with E-state index in [-0.39, 0.29) is 29.9 Å². The number of nitrogens with zero attached hydrogens (tertiary/aromatic N) is 1. The molecule has 0 spiro atoms. The van der Waals surface area contributed by atoms with Crippen LogP contribution in [-0.2, 0) is 16.0 Å². The molecule has 2 aliphatic heterocycles. The minimum Gasteiger partial charge on any atom is -0.381 e. The van der Waals surface area contributed by atoms with E-state index >= 15 is 0 Å². The van der Waals surface area contributed by atoms with Gasteiger partial charge in [0.15, 0.2) is 5.78 Å². The predicted molar refractivity (Wildman–Crippen MR) is 70.5 cm³/mol. The Bertz CT molecular complexity index is 602. The van der Waals surface area contributed by atoms with Gasteiger partial charge in [0.2, 0.25) is 5.91 Å². The predicted octanol–water partition coefficient (Wildman–Crippen LogP) is 1.06. The Kier molecular flexibility index (Phi) is 3.14. The first-order chi connectivity index (χ1) is 9.58. The van der Waals surface area contributed by atoms with Crippen molar-refractivity contribution in [1.29, 1.82) is 0 Å². The van der Waals surface area contributed by atoms with E-state index in [2.05, 4.69) is 0 Å². The normalized spacial score (nSPS) is 22.1. The lowest BCUT2D eigenvalue weighted by Crippen LogP contribution is -2.39. The number of carbonyl (C=O) groups is 3. The average Bonchev–Trinajstić information content (AvgIpc) is 2.98. The molecule has 5 nitrogen and oxygen atoms in total. The van der Waals surface area contributed by atoms with Crippen LogP contribution >= 0.6 is 0 Å². The van der Waals surface area contributed by atoms with Crippen molar-refractivity contribution in [3.05, 3.63) is 34.9 Å². The Hall–Kier alpha value is -2.01. The number of hydrogen-bond acceptors (Lipinski definition) is 4. The van der Waals surface area contributed by atoms with Gasteiger partial charge in [0.25, 0.3) is 5.91 Å². The van der Waals surface area contributed by atoms with E-state index in [0.29, 0.717) is 29.9 Å². The molecule has 1 fully saturated rings. The minimum absolute atomic E-state index is 0.0117. The molecule has 1 atom stereocenters. The zero-order chi connectivity index (χ0) is 14.3. The van der Waals surface area contributed by atoms with Crippen LogP contribution in [0, 0.1) is 5.92 Å². The van der Waals surface area contributed by atoms with Gasteiger partial charge in [0, 0.05) is 30.7 Å². The monoisotopic (exact) mass is 273 g/mol. The number of carbonyl (C=O) groups excluding carboxylic acids is 3. The summed E-state index contributed by atoms with van der Waals surface area (Å²) in [4.78, 5) is 37.1. The quantitative estimate of drug-likeness (QED) is 0.597. The van der Waals surface area contributed by atoms with Crippen molar-refractivity contribution < 1.29 is 19.1 Å². The van der Waals surface area contributed by atoms with Gasteiger partial charge in [-0.1, -0.05) is 12.1 Å². The third-order valence-corrected chi connectivity index (χ3v) is 3.95. The summed E-state index contributed by atoms with van der Waals surface area (Å²) in [7, 11) is 1.47. The number of rotatable bonds is 2. The molecule has 104 valence electrons. The third kappa shape index (κ3) is 2.04. The highest BCUT2D eigenvalue weighted by Gasteiger charge is 2.30. The number of hydrogen-bond donors (Lipinski definition) is 0. The Morgan fingerprint density at radius 1 is 1.35 bits per heavy atom. The van der Waals surface area contributed by atoms with Crippen molar-refractivity contribution in [3.63, 3.8) is 0 Å². The number of ether oxygens (including phenoxy) is 1. The standard InChI is InChI=1S/C15H15NO4/c1-16-13(17)7-9-2-3-10(6-12(9)15(16)19)14(18)11-4-5-20-8-11/h2-3,6,11H,4-5,7-8H2,1H3.